The van der Waals surface area contributed by atoms with Crippen LogP contribution in [0.4, 0.5) is 0 Å². The number of rotatable bonds is 0. The fourth-order valence-corrected chi connectivity index (χ4v) is 3.23. The second-order valence-corrected chi connectivity index (χ2v) is 5.04. The summed E-state index contributed by atoms with van der Waals surface area (Å²) in [6.45, 7) is 2.23. The molecule has 0 spiro atoms. The van der Waals surface area contributed by atoms with Crippen molar-refractivity contribution in [2.75, 3.05) is 0 Å². The Morgan fingerprint density at radius 1 is 0.722 bits per heavy atom. The van der Waals surface area contributed by atoms with E-state index in [2.05, 4.69) is 61.5 Å². The number of benzene rings is 3. The van der Waals surface area contributed by atoms with E-state index in [1.807, 2.05) is 0 Å². The van der Waals surface area contributed by atoms with Crippen LogP contribution in [-0.2, 0) is 6.42 Å². The Hall–Kier alpha value is -2.08. The highest BCUT2D eigenvalue weighted by atomic mass is 14.2. The van der Waals surface area contributed by atoms with E-state index in [0.717, 1.165) is 6.42 Å². The minimum atomic E-state index is 1.08. The van der Waals surface area contributed by atoms with E-state index < -0.39 is 0 Å². The lowest BCUT2D eigenvalue weighted by Gasteiger charge is -2.12. The molecule has 0 heteroatoms. The largest absolute Gasteiger partial charge is 0.0765 e. The third-order valence-electron chi connectivity index (χ3n) is 4.05. The zero-order valence-corrected chi connectivity index (χ0v) is 10.4. The molecule has 4 rings (SSSR count). The summed E-state index contributed by atoms with van der Waals surface area (Å²) in [6, 6.07) is 17.5. The fraction of sp³-hybridized carbons (Fsp3) is 0.111. The summed E-state index contributed by atoms with van der Waals surface area (Å²) in [5.74, 6) is 0. The van der Waals surface area contributed by atoms with Gasteiger partial charge in [0.1, 0.15) is 0 Å². The van der Waals surface area contributed by atoms with Crippen LogP contribution >= 0.6 is 0 Å². The quantitative estimate of drug-likeness (QED) is 0.479. The topological polar surface area (TPSA) is 0 Å². The van der Waals surface area contributed by atoms with Crippen molar-refractivity contribution in [1.82, 2.24) is 0 Å². The van der Waals surface area contributed by atoms with Crippen molar-refractivity contribution in [1.29, 1.82) is 0 Å². The van der Waals surface area contributed by atoms with Gasteiger partial charge in [-0.3, -0.25) is 0 Å². The highest BCUT2D eigenvalue weighted by Gasteiger charge is 2.17. The molecule has 0 fully saturated rings. The molecular weight excluding hydrogens is 216 g/mol. The molecule has 3 aromatic carbocycles. The van der Waals surface area contributed by atoms with Gasteiger partial charge in [0.25, 0.3) is 0 Å². The van der Waals surface area contributed by atoms with Gasteiger partial charge in [-0.1, -0.05) is 54.6 Å². The summed E-state index contributed by atoms with van der Waals surface area (Å²) in [6.07, 6.45) is 3.43. The average molecular weight is 230 g/mol. The fourth-order valence-electron chi connectivity index (χ4n) is 3.23. The molecule has 86 valence electrons. The van der Waals surface area contributed by atoms with Crippen LogP contribution in [0.3, 0.4) is 0 Å². The lowest BCUT2D eigenvalue weighted by Crippen LogP contribution is -1.90. The summed E-state index contributed by atoms with van der Waals surface area (Å²) < 4.78 is 0. The van der Waals surface area contributed by atoms with E-state index in [-0.39, 0.29) is 0 Å². The predicted molar refractivity (Wildman–Crippen MR) is 78.8 cm³/mol. The van der Waals surface area contributed by atoms with Gasteiger partial charge in [-0.2, -0.15) is 0 Å². The molecule has 1 aliphatic rings. The second-order valence-electron chi connectivity index (χ2n) is 5.04. The summed E-state index contributed by atoms with van der Waals surface area (Å²) >= 11 is 0. The summed E-state index contributed by atoms with van der Waals surface area (Å²) in [5.41, 5.74) is 4.39. The second kappa shape index (κ2) is 3.46. The van der Waals surface area contributed by atoms with Crippen molar-refractivity contribution in [3.63, 3.8) is 0 Å². The highest BCUT2D eigenvalue weighted by Crippen LogP contribution is 2.39. The molecule has 0 amide bonds. The van der Waals surface area contributed by atoms with E-state index >= 15 is 0 Å². The molecule has 0 unspecified atom stereocenters. The maximum absolute atomic E-state index is 2.35. The highest BCUT2D eigenvalue weighted by molar-refractivity contribution is 6.14. The maximum Gasteiger partial charge on any atom is -0.00791 e. The van der Waals surface area contributed by atoms with Gasteiger partial charge in [0.05, 0.1) is 0 Å². The first kappa shape index (κ1) is 9.90. The van der Waals surface area contributed by atoms with Crippen molar-refractivity contribution < 1.29 is 0 Å². The lowest BCUT2D eigenvalue weighted by atomic mass is 9.91. The average Bonchev–Trinajstić information content (AvgIpc) is 2.82. The Labute approximate surface area is 107 Å². The normalized spacial score (nSPS) is 13.9. The smallest absolute Gasteiger partial charge is 0.00791 e. The Bertz CT molecular complexity index is 807. The van der Waals surface area contributed by atoms with Gasteiger partial charge >= 0.3 is 0 Å². The molecule has 0 aromatic heterocycles. The Kier molecular flexibility index (Phi) is 1.90. The minimum Gasteiger partial charge on any atom is -0.0765 e. The number of hydrogen-bond donors (Lipinski definition) is 0. The van der Waals surface area contributed by atoms with E-state index in [1.54, 1.807) is 0 Å². The van der Waals surface area contributed by atoms with Crippen LogP contribution in [0.25, 0.3) is 27.1 Å². The zero-order valence-electron chi connectivity index (χ0n) is 10.4. The summed E-state index contributed by atoms with van der Waals surface area (Å²) in [7, 11) is 0. The zero-order chi connectivity index (χ0) is 12.1. The molecule has 0 aliphatic heterocycles. The van der Waals surface area contributed by atoms with Crippen LogP contribution in [0.2, 0.25) is 0 Å². The first-order chi connectivity index (χ1) is 8.86. The summed E-state index contributed by atoms with van der Waals surface area (Å²) in [4.78, 5) is 0. The molecule has 0 saturated heterocycles. The van der Waals surface area contributed by atoms with Crippen LogP contribution in [0.5, 0.6) is 0 Å². The molecular formula is C18H14. The van der Waals surface area contributed by atoms with Crippen LogP contribution in [0.15, 0.2) is 54.6 Å². The van der Waals surface area contributed by atoms with Crippen molar-refractivity contribution in [3.8, 4) is 0 Å². The van der Waals surface area contributed by atoms with E-state index in [0.29, 0.717) is 0 Å². The van der Waals surface area contributed by atoms with E-state index in [1.165, 1.54) is 38.2 Å². The molecule has 3 aromatic rings. The van der Waals surface area contributed by atoms with Crippen molar-refractivity contribution in [2.24, 2.45) is 0 Å². The Morgan fingerprint density at radius 2 is 1.28 bits per heavy atom. The van der Waals surface area contributed by atoms with Gasteiger partial charge in [0, 0.05) is 0 Å². The van der Waals surface area contributed by atoms with Crippen molar-refractivity contribution in [3.05, 3.63) is 65.7 Å². The van der Waals surface area contributed by atoms with Gasteiger partial charge in [-0.25, -0.2) is 0 Å². The van der Waals surface area contributed by atoms with Gasteiger partial charge in [-0.15, -0.1) is 0 Å². The third-order valence-corrected chi connectivity index (χ3v) is 4.05. The number of allylic oxidation sites excluding steroid dienone is 2. The van der Waals surface area contributed by atoms with Gasteiger partial charge < -0.3 is 0 Å². The van der Waals surface area contributed by atoms with E-state index in [4.69, 9.17) is 0 Å². The molecule has 0 heterocycles. The molecule has 0 bridgehead atoms. The first-order valence-electron chi connectivity index (χ1n) is 6.46. The van der Waals surface area contributed by atoms with Crippen LogP contribution in [0.1, 0.15) is 18.1 Å². The molecule has 1 aliphatic carbocycles. The SMILES string of the molecule is CC1=CCc2c1c1ccccc1c1ccccc21. The maximum atomic E-state index is 2.35. The van der Waals surface area contributed by atoms with Crippen LogP contribution in [-0.4, -0.2) is 0 Å². The van der Waals surface area contributed by atoms with Gasteiger partial charge in [0.2, 0.25) is 0 Å². The summed E-state index contributed by atoms with van der Waals surface area (Å²) in [5, 5.41) is 5.58. The van der Waals surface area contributed by atoms with Gasteiger partial charge in [-0.05, 0) is 51.6 Å². The standard InChI is InChI=1S/C18H14/c1-12-10-11-17-15-8-3-2-6-13(15)14-7-4-5-9-16(14)18(12)17/h2-10H,11H2,1H3. The number of hydrogen-bond acceptors (Lipinski definition) is 0. The first-order valence-corrected chi connectivity index (χ1v) is 6.46. The van der Waals surface area contributed by atoms with Crippen LogP contribution < -0.4 is 0 Å². The minimum absolute atomic E-state index is 1.08. The van der Waals surface area contributed by atoms with E-state index in [9.17, 15) is 0 Å². The molecule has 0 saturated carbocycles. The van der Waals surface area contributed by atoms with Crippen molar-refractivity contribution in [2.45, 2.75) is 13.3 Å². The third kappa shape index (κ3) is 1.15. The van der Waals surface area contributed by atoms with Gasteiger partial charge in [0.15, 0.2) is 0 Å². The van der Waals surface area contributed by atoms with Crippen LogP contribution in [0, 0.1) is 0 Å². The lowest BCUT2D eigenvalue weighted by molar-refractivity contribution is 1.35. The van der Waals surface area contributed by atoms with Crippen molar-refractivity contribution >= 4 is 27.1 Å². The Morgan fingerprint density at radius 3 is 2.00 bits per heavy atom. The Balaban J connectivity index is 2.35. The molecule has 0 atom stereocenters. The molecule has 0 nitrogen and oxygen atoms in total. The molecule has 0 radical (unpaired) electrons. The molecule has 0 N–H and O–H groups in total. The predicted octanol–water partition coefficient (Wildman–Crippen LogP) is 4.95. The monoisotopic (exact) mass is 230 g/mol. The number of fused-ring (bicyclic) bond motifs is 6. The molecule has 18 heavy (non-hydrogen) atoms.